The van der Waals surface area contributed by atoms with Crippen LogP contribution in [0.25, 0.3) is 0 Å². The largest absolute Gasteiger partial charge is 0.476 e. The maximum atomic E-state index is 6.00. The summed E-state index contributed by atoms with van der Waals surface area (Å²) >= 11 is 0. The van der Waals surface area contributed by atoms with E-state index in [0.29, 0.717) is 17.6 Å². The van der Waals surface area contributed by atoms with Gasteiger partial charge in [-0.1, -0.05) is 0 Å². The van der Waals surface area contributed by atoms with Gasteiger partial charge in [-0.2, -0.15) is 4.98 Å². The third-order valence-corrected chi connectivity index (χ3v) is 4.94. The zero-order valence-electron chi connectivity index (χ0n) is 12.5. The van der Waals surface area contributed by atoms with Crippen molar-refractivity contribution in [3.05, 3.63) is 12.1 Å². The smallest absolute Gasteiger partial charge is 0.239 e. The average molecular weight is 288 g/mol. The van der Waals surface area contributed by atoms with Crippen LogP contribution in [0, 0.1) is 5.92 Å². The zero-order valence-corrected chi connectivity index (χ0v) is 12.5. The molecule has 3 fully saturated rings. The van der Waals surface area contributed by atoms with Gasteiger partial charge in [-0.15, -0.1) is 0 Å². The van der Waals surface area contributed by atoms with Gasteiger partial charge in [0.15, 0.2) is 0 Å². The van der Waals surface area contributed by atoms with Crippen LogP contribution in [-0.4, -0.2) is 48.7 Å². The summed E-state index contributed by atoms with van der Waals surface area (Å²) in [5.41, 5.74) is 6.65. The summed E-state index contributed by atoms with van der Waals surface area (Å²) in [6.45, 7) is 5.31. The molecule has 21 heavy (non-hydrogen) atoms. The molecule has 3 heterocycles. The third-order valence-electron chi connectivity index (χ3n) is 4.94. The van der Waals surface area contributed by atoms with E-state index >= 15 is 0 Å². The normalized spacial score (nSPS) is 25.9. The van der Waals surface area contributed by atoms with Crippen LogP contribution in [0.5, 0.6) is 5.88 Å². The Morgan fingerprint density at radius 2 is 2.10 bits per heavy atom. The fourth-order valence-electron chi connectivity index (χ4n) is 3.41. The molecule has 0 spiro atoms. The molecule has 0 amide bonds. The van der Waals surface area contributed by atoms with Gasteiger partial charge < -0.3 is 15.4 Å². The van der Waals surface area contributed by atoms with E-state index in [2.05, 4.69) is 14.8 Å². The van der Waals surface area contributed by atoms with Crippen LogP contribution in [0.15, 0.2) is 12.1 Å². The molecule has 4 rings (SSSR count). The van der Waals surface area contributed by atoms with E-state index in [9.17, 15) is 0 Å². The van der Waals surface area contributed by atoms with Crippen LogP contribution in [0.1, 0.15) is 25.7 Å². The Hall–Kier alpha value is -1.49. The Morgan fingerprint density at radius 3 is 2.95 bits per heavy atom. The van der Waals surface area contributed by atoms with Crippen molar-refractivity contribution in [3.8, 4) is 5.88 Å². The van der Waals surface area contributed by atoms with Gasteiger partial charge >= 0.3 is 0 Å². The molecule has 1 aromatic heterocycles. The molecule has 1 aromatic rings. The van der Waals surface area contributed by atoms with Crippen molar-refractivity contribution in [2.24, 2.45) is 5.92 Å². The summed E-state index contributed by atoms with van der Waals surface area (Å²) in [5, 5.41) is 0. The summed E-state index contributed by atoms with van der Waals surface area (Å²) in [7, 11) is 0. The molecular formula is C16H24N4O. The fourth-order valence-corrected chi connectivity index (χ4v) is 3.41. The van der Waals surface area contributed by atoms with Crippen molar-refractivity contribution in [2.45, 2.75) is 31.7 Å². The number of pyridine rings is 1. The summed E-state index contributed by atoms with van der Waals surface area (Å²) in [6, 6.07) is 4.67. The van der Waals surface area contributed by atoms with E-state index in [1.807, 2.05) is 12.1 Å². The van der Waals surface area contributed by atoms with Crippen molar-refractivity contribution in [2.75, 3.05) is 43.4 Å². The molecule has 1 unspecified atom stereocenters. The minimum atomic E-state index is 0.619. The first-order valence-electron chi connectivity index (χ1n) is 8.18. The molecule has 2 aliphatic heterocycles. The lowest BCUT2D eigenvalue weighted by Gasteiger charge is -2.38. The Kier molecular flexibility index (Phi) is 3.37. The number of aromatic nitrogens is 1. The lowest BCUT2D eigenvalue weighted by molar-refractivity contribution is 0.230. The Balaban J connectivity index is 1.47. The third kappa shape index (κ3) is 2.79. The second kappa shape index (κ2) is 5.37. The number of rotatable bonds is 4. The van der Waals surface area contributed by atoms with E-state index in [0.717, 1.165) is 38.0 Å². The van der Waals surface area contributed by atoms with Crippen molar-refractivity contribution in [3.63, 3.8) is 0 Å². The second-order valence-corrected chi connectivity index (χ2v) is 6.60. The minimum Gasteiger partial charge on any atom is -0.476 e. The first kappa shape index (κ1) is 13.2. The monoisotopic (exact) mass is 288 g/mol. The fraction of sp³-hybridized carbons (Fsp3) is 0.688. The molecule has 5 heteroatoms. The predicted molar refractivity (Wildman–Crippen MR) is 83.7 cm³/mol. The number of hydrogen-bond acceptors (Lipinski definition) is 5. The molecule has 1 atom stereocenters. The number of nitrogens with two attached hydrogens (primary N) is 1. The van der Waals surface area contributed by atoms with E-state index < -0.39 is 0 Å². The highest BCUT2D eigenvalue weighted by Gasteiger charge is 2.31. The second-order valence-electron chi connectivity index (χ2n) is 6.60. The van der Waals surface area contributed by atoms with Crippen LogP contribution >= 0.6 is 0 Å². The number of nitrogens with zero attached hydrogens (tertiary/aromatic N) is 3. The summed E-state index contributed by atoms with van der Waals surface area (Å²) in [5.74, 6) is 2.35. The van der Waals surface area contributed by atoms with E-state index in [4.69, 9.17) is 10.5 Å². The highest BCUT2D eigenvalue weighted by atomic mass is 16.5. The number of anilines is 2. The Morgan fingerprint density at radius 1 is 1.19 bits per heavy atom. The maximum Gasteiger partial charge on any atom is 0.239 e. The van der Waals surface area contributed by atoms with Gasteiger partial charge in [-0.25, -0.2) is 0 Å². The van der Waals surface area contributed by atoms with Crippen molar-refractivity contribution >= 4 is 11.5 Å². The standard InChI is InChI=1S/C16H24N4O/c17-14-5-6-15(18-16(14)21-11-12-3-4-12)20-9-8-19-7-1-2-13(19)10-20/h5-6,12-13H,1-4,7-11,17H2. The van der Waals surface area contributed by atoms with Gasteiger partial charge in [0.1, 0.15) is 5.82 Å². The first-order valence-corrected chi connectivity index (χ1v) is 8.18. The molecule has 0 radical (unpaired) electrons. The predicted octanol–water partition coefficient (Wildman–Crippen LogP) is 1.74. The summed E-state index contributed by atoms with van der Waals surface area (Å²) in [6.07, 6.45) is 5.21. The SMILES string of the molecule is Nc1ccc(N2CCN3CCCC3C2)nc1OCC1CC1. The van der Waals surface area contributed by atoms with Gasteiger partial charge in [0.25, 0.3) is 0 Å². The molecule has 2 N–H and O–H groups in total. The number of nitrogen functional groups attached to an aromatic ring is 1. The quantitative estimate of drug-likeness (QED) is 0.914. The van der Waals surface area contributed by atoms with Gasteiger partial charge in [0.05, 0.1) is 12.3 Å². The molecular weight excluding hydrogens is 264 g/mol. The first-order chi connectivity index (χ1) is 10.3. The lowest BCUT2D eigenvalue weighted by atomic mass is 10.1. The Bertz CT molecular complexity index is 517. The lowest BCUT2D eigenvalue weighted by Crippen LogP contribution is -2.50. The van der Waals surface area contributed by atoms with Gasteiger partial charge in [0.2, 0.25) is 5.88 Å². The summed E-state index contributed by atoms with van der Waals surface area (Å²) < 4.78 is 5.81. The van der Waals surface area contributed by atoms with Crippen LogP contribution in [0.3, 0.4) is 0 Å². The van der Waals surface area contributed by atoms with Crippen molar-refractivity contribution < 1.29 is 4.74 Å². The van der Waals surface area contributed by atoms with Crippen LogP contribution in [0.4, 0.5) is 11.5 Å². The van der Waals surface area contributed by atoms with Crippen LogP contribution < -0.4 is 15.4 Å². The molecule has 2 saturated heterocycles. The topological polar surface area (TPSA) is 54.6 Å². The molecule has 1 aliphatic carbocycles. The minimum absolute atomic E-state index is 0.619. The van der Waals surface area contributed by atoms with Crippen molar-refractivity contribution in [1.82, 2.24) is 9.88 Å². The van der Waals surface area contributed by atoms with Gasteiger partial charge in [-0.3, -0.25) is 4.90 Å². The van der Waals surface area contributed by atoms with Gasteiger partial charge in [-0.05, 0) is 50.3 Å². The highest BCUT2D eigenvalue weighted by molar-refractivity contribution is 5.54. The maximum absolute atomic E-state index is 6.00. The van der Waals surface area contributed by atoms with Crippen LogP contribution in [-0.2, 0) is 0 Å². The average Bonchev–Trinajstić information content (AvgIpc) is 3.21. The highest BCUT2D eigenvalue weighted by Crippen LogP contribution is 2.32. The van der Waals surface area contributed by atoms with E-state index in [-0.39, 0.29) is 0 Å². The number of fused-ring (bicyclic) bond motifs is 1. The van der Waals surface area contributed by atoms with E-state index in [1.165, 1.54) is 32.2 Å². The molecule has 3 aliphatic rings. The molecule has 114 valence electrons. The number of piperazine rings is 1. The van der Waals surface area contributed by atoms with Gasteiger partial charge in [0, 0.05) is 25.7 Å². The van der Waals surface area contributed by atoms with Crippen molar-refractivity contribution in [1.29, 1.82) is 0 Å². The van der Waals surface area contributed by atoms with Crippen LogP contribution in [0.2, 0.25) is 0 Å². The molecule has 5 nitrogen and oxygen atoms in total. The molecule has 0 bridgehead atoms. The number of ether oxygens (including phenoxy) is 1. The number of hydrogen-bond donors (Lipinski definition) is 1. The Labute approximate surface area is 126 Å². The zero-order chi connectivity index (χ0) is 14.2. The summed E-state index contributed by atoms with van der Waals surface area (Å²) in [4.78, 5) is 9.66. The molecule has 1 saturated carbocycles. The molecule has 0 aromatic carbocycles. The van der Waals surface area contributed by atoms with E-state index in [1.54, 1.807) is 0 Å².